The van der Waals surface area contributed by atoms with Gasteiger partial charge in [-0.1, -0.05) is 20.8 Å². The van der Waals surface area contributed by atoms with Crippen LogP contribution in [0.25, 0.3) is 0 Å². The van der Waals surface area contributed by atoms with Crippen molar-refractivity contribution in [3.05, 3.63) is 0 Å². The average Bonchev–Trinajstić information content (AvgIpc) is 3.43. The second kappa shape index (κ2) is 9.31. The van der Waals surface area contributed by atoms with E-state index in [0.29, 0.717) is 54.9 Å². The fourth-order valence-electron chi connectivity index (χ4n) is 10.2. The first-order valence-electron chi connectivity index (χ1n) is 14.4. The number of hydrogen-bond acceptors (Lipinski definition) is 4. The summed E-state index contributed by atoms with van der Waals surface area (Å²) in [5.41, 5.74) is 0.455. The van der Waals surface area contributed by atoms with Gasteiger partial charge in [0.25, 0.3) is 0 Å². The molecular weight excluding hydrogens is 442 g/mol. The van der Waals surface area contributed by atoms with Crippen LogP contribution in [0.4, 0.5) is 0 Å². The highest BCUT2D eigenvalue weighted by molar-refractivity contribution is 5.84. The molecule has 4 unspecified atom stereocenters. The number of fused-ring (bicyclic) bond motifs is 5. The molecule has 1 saturated heterocycles. The Morgan fingerprint density at radius 3 is 2.43 bits per heavy atom. The van der Waals surface area contributed by atoms with Crippen molar-refractivity contribution in [2.75, 3.05) is 6.54 Å². The minimum absolute atomic E-state index is 0.00585. The Balaban J connectivity index is 1.26. The van der Waals surface area contributed by atoms with Crippen LogP contribution in [0, 0.1) is 46.3 Å². The van der Waals surface area contributed by atoms with Crippen LogP contribution in [0.2, 0.25) is 0 Å². The van der Waals surface area contributed by atoms with E-state index in [-0.39, 0.29) is 28.9 Å². The second-order valence-electron chi connectivity index (χ2n) is 13.6. The lowest BCUT2D eigenvalue weighted by Crippen LogP contribution is -2.58. The number of aliphatic carboxylic acids is 1. The fourth-order valence-corrected chi connectivity index (χ4v) is 10.2. The van der Waals surface area contributed by atoms with Crippen LogP contribution >= 0.6 is 0 Å². The van der Waals surface area contributed by atoms with Crippen LogP contribution in [0.5, 0.6) is 0 Å². The second-order valence-corrected chi connectivity index (χ2v) is 13.6. The van der Waals surface area contributed by atoms with Gasteiger partial charge in [0.05, 0.1) is 12.2 Å². The maximum absolute atomic E-state index is 12.9. The molecule has 0 radical (unpaired) electrons. The van der Waals surface area contributed by atoms with Crippen LogP contribution in [0.3, 0.4) is 0 Å². The monoisotopic (exact) mass is 489 g/mol. The first kappa shape index (κ1) is 25.5. The number of carbonyl (C=O) groups is 2. The molecule has 6 nitrogen and oxygen atoms in total. The van der Waals surface area contributed by atoms with Crippen LogP contribution in [0.15, 0.2) is 0 Å². The highest BCUT2D eigenvalue weighted by Crippen LogP contribution is 2.68. The smallest absolute Gasteiger partial charge is 0.326 e. The zero-order valence-corrected chi connectivity index (χ0v) is 22.0. The van der Waals surface area contributed by atoms with Gasteiger partial charge in [-0.2, -0.15) is 0 Å². The molecule has 5 rings (SSSR count). The van der Waals surface area contributed by atoms with E-state index in [1.807, 2.05) is 0 Å². The van der Waals surface area contributed by atoms with Crippen molar-refractivity contribution in [2.24, 2.45) is 46.3 Å². The molecular formula is C29H47NO5. The van der Waals surface area contributed by atoms with Crippen LogP contribution in [0.1, 0.15) is 97.8 Å². The normalized spacial score (nSPS) is 48.1. The van der Waals surface area contributed by atoms with Gasteiger partial charge in [-0.3, -0.25) is 4.79 Å². The van der Waals surface area contributed by atoms with Gasteiger partial charge in [0.15, 0.2) is 0 Å². The molecule has 0 aromatic rings. The van der Waals surface area contributed by atoms with E-state index in [4.69, 9.17) is 0 Å². The van der Waals surface area contributed by atoms with Crippen molar-refractivity contribution in [3.63, 3.8) is 0 Å². The first-order chi connectivity index (χ1) is 16.6. The predicted molar refractivity (Wildman–Crippen MR) is 133 cm³/mol. The Morgan fingerprint density at radius 1 is 0.971 bits per heavy atom. The average molecular weight is 490 g/mol. The van der Waals surface area contributed by atoms with Crippen molar-refractivity contribution >= 4 is 11.9 Å². The van der Waals surface area contributed by atoms with Crippen molar-refractivity contribution in [2.45, 2.75) is 116 Å². The highest BCUT2D eigenvalue weighted by Gasteiger charge is 2.62. The Kier molecular flexibility index (Phi) is 6.78. The molecule has 5 aliphatic rings. The van der Waals surface area contributed by atoms with E-state index in [2.05, 4.69) is 20.8 Å². The number of amides is 1. The maximum atomic E-state index is 12.9. The summed E-state index contributed by atoms with van der Waals surface area (Å²) in [4.78, 5) is 26.0. The van der Waals surface area contributed by atoms with Gasteiger partial charge < -0.3 is 20.2 Å². The minimum atomic E-state index is -0.874. The van der Waals surface area contributed by atoms with Gasteiger partial charge in [0, 0.05) is 13.0 Å². The molecule has 35 heavy (non-hydrogen) atoms. The van der Waals surface area contributed by atoms with Crippen molar-refractivity contribution < 1.29 is 24.9 Å². The van der Waals surface area contributed by atoms with E-state index in [1.165, 1.54) is 25.7 Å². The molecule has 0 aromatic heterocycles. The van der Waals surface area contributed by atoms with Crippen LogP contribution in [-0.2, 0) is 9.59 Å². The fraction of sp³-hybridized carbons (Fsp3) is 0.931. The molecule has 3 N–H and O–H groups in total. The number of aliphatic hydroxyl groups excluding tert-OH is 2. The quantitative estimate of drug-likeness (QED) is 0.529. The molecule has 0 aromatic carbocycles. The molecule has 1 aliphatic heterocycles. The third kappa shape index (κ3) is 4.15. The molecule has 0 bridgehead atoms. The number of likely N-dealkylation sites (tertiary alicyclic amines) is 1. The van der Waals surface area contributed by atoms with E-state index in [1.54, 1.807) is 4.90 Å². The third-order valence-electron chi connectivity index (χ3n) is 12.1. The SMILES string of the molecule is C[C@H](CCC(=O)N1CCCC1C(=O)O)[C@H]1CCC2C3C(CC[C@@]21C)[C@@]1(C)CC[C@@H](O)C[C@H]1C[C@@H]3O. The number of carboxylic acid groups (broad SMARTS) is 1. The van der Waals surface area contributed by atoms with E-state index in [0.717, 1.165) is 38.5 Å². The van der Waals surface area contributed by atoms with Gasteiger partial charge in [-0.25, -0.2) is 4.79 Å². The molecule has 5 fully saturated rings. The van der Waals surface area contributed by atoms with Crippen molar-refractivity contribution in [1.82, 2.24) is 4.90 Å². The summed E-state index contributed by atoms with van der Waals surface area (Å²) in [5.74, 6) is 2.01. The number of hydrogen-bond donors (Lipinski definition) is 3. The van der Waals surface area contributed by atoms with Gasteiger partial charge >= 0.3 is 5.97 Å². The summed E-state index contributed by atoms with van der Waals surface area (Å²) in [6.45, 7) is 7.80. The van der Waals surface area contributed by atoms with E-state index >= 15 is 0 Å². The maximum Gasteiger partial charge on any atom is 0.326 e. The lowest BCUT2D eigenvalue weighted by atomic mass is 9.43. The lowest BCUT2D eigenvalue weighted by molar-refractivity contribution is -0.174. The van der Waals surface area contributed by atoms with Gasteiger partial charge in [0.2, 0.25) is 5.91 Å². The third-order valence-corrected chi connectivity index (χ3v) is 12.1. The van der Waals surface area contributed by atoms with Gasteiger partial charge in [0.1, 0.15) is 6.04 Å². The Hall–Kier alpha value is -1.14. The first-order valence-corrected chi connectivity index (χ1v) is 14.4. The highest BCUT2D eigenvalue weighted by atomic mass is 16.4. The summed E-state index contributed by atoms with van der Waals surface area (Å²) >= 11 is 0. The molecule has 4 saturated carbocycles. The number of carbonyl (C=O) groups excluding carboxylic acids is 1. The molecule has 6 heteroatoms. The Labute approximate surface area is 210 Å². The summed E-state index contributed by atoms with van der Waals surface area (Å²) < 4.78 is 0. The molecule has 4 aliphatic carbocycles. The van der Waals surface area contributed by atoms with Crippen LogP contribution in [-0.4, -0.2) is 56.9 Å². The van der Waals surface area contributed by atoms with Crippen LogP contribution < -0.4 is 0 Å². The van der Waals surface area contributed by atoms with Gasteiger partial charge in [-0.05, 0) is 117 Å². The van der Waals surface area contributed by atoms with Gasteiger partial charge in [-0.15, -0.1) is 0 Å². The summed E-state index contributed by atoms with van der Waals surface area (Å²) in [6.07, 6.45) is 10.6. The topological polar surface area (TPSA) is 98.1 Å². The Morgan fingerprint density at radius 2 is 1.69 bits per heavy atom. The molecule has 198 valence electrons. The molecule has 1 heterocycles. The molecule has 1 amide bonds. The number of nitrogens with zero attached hydrogens (tertiary/aromatic N) is 1. The zero-order valence-electron chi connectivity index (χ0n) is 22.0. The summed E-state index contributed by atoms with van der Waals surface area (Å²) in [6, 6.07) is -0.639. The number of carboxylic acids is 1. The largest absolute Gasteiger partial charge is 0.480 e. The molecule has 0 spiro atoms. The van der Waals surface area contributed by atoms with Crippen molar-refractivity contribution in [3.8, 4) is 0 Å². The molecule has 11 atom stereocenters. The zero-order chi connectivity index (χ0) is 25.1. The summed E-state index contributed by atoms with van der Waals surface area (Å²) in [5, 5.41) is 31.2. The Bertz CT molecular complexity index is 832. The minimum Gasteiger partial charge on any atom is -0.480 e. The predicted octanol–water partition coefficient (Wildman–Crippen LogP) is 4.47. The van der Waals surface area contributed by atoms with E-state index < -0.39 is 12.0 Å². The number of aliphatic hydroxyl groups is 2. The lowest BCUT2D eigenvalue weighted by Gasteiger charge is -2.62. The number of rotatable bonds is 5. The van der Waals surface area contributed by atoms with E-state index in [9.17, 15) is 24.9 Å². The standard InChI is InChI=1S/C29H47NO5/c1-17(6-9-25(33)30-14-4-5-23(30)27(34)35)20-7-8-21-26-22(11-13-29(20,21)3)28(2)12-10-19(31)15-18(28)16-24(26)32/h17-24,26,31-32H,4-16H2,1-3H3,(H,34,35)/t17-,18+,19-,20-,21?,22?,23?,24+,26?,28+,29-/m1/s1. The van der Waals surface area contributed by atoms with Crippen molar-refractivity contribution in [1.29, 1.82) is 0 Å². The summed E-state index contributed by atoms with van der Waals surface area (Å²) in [7, 11) is 0.